The van der Waals surface area contributed by atoms with Gasteiger partial charge in [-0.2, -0.15) is 0 Å². The first kappa shape index (κ1) is 20.6. The molecule has 0 aliphatic rings. The quantitative estimate of drug-likeness (QED) is 0.260. The Labute approximate surface area is 194 Å². The lowest BCUT2D eigenvalue weighted by Gasteiger charge is -2.10. The zero-order valence-electron chi connectivity index (χ0n) is 17.2. The van der Waals surface area contributed by atoms with Gasteiger partial charge in [-0.15, -0.1) is 10.2 Å². The molecule has 0 amide bonds. The van der Waals surface area contributed by atoms with E-state index in [0.29, 0.717) is 29.2 Å². The summed E-state index contributed by atoms with van der Waals surface area (Å²) in [6, 6.07) is 23.4. The average molecular weight is 463 g/mol. The highest BCUT2D eigenvalue weighted by atomic mass is 35.5. The first-order valence-electron chi connectivity index (χ1n) is 10.1. The Morgan fingerprint density at radius 3 is 2.53 bits per heavy atom. The molecule has 0 N–H and O–H groups in total. The highest BCUT2D eigenvalue weighted by molar-refractivity contribution is 7.98. The van der Waals surface area contributed by atoms with E-state index in [-0.39, 0.29) is 0 Å². The third-order valence-electron chi connectivity index (χ3n) is 4.82. The van der Waals surface area contributed by atoms with Crippen molar-refractivity contribution in [3.05, 3.63) is 83.7 Å². The molecular formula is C24H19ClN4O2S. The summed E-state index contributed by atoms with van der Waals surface area (Å²) in [6.07, 6.45) is 0. The Morgan fingerprint density at radius 1 is 0.969 bits per heavy atom. The molecular weight excluding hydrogens is 444 g/mol. The van der Waals surface area contributed by atoms with E-state index in [4.69, 9.17) is 25.7 Å². The third kappa shape index (κ3) is 4.22. The molecule has 2 heterocycles. The maximum absolute atomic E-state index is 5.96. The zero-order chi connectivity index (χ0) is 21.9. The topological polar surface area (TPSA) is 66.0 Å². The first-order chi connectivity index (χ1) is 15.7. The van der Waals surface area contributed by atoms with Gasteiger partial charge in [-0.05, 0) is 67.6 Å². The summed E-state index contributed by atoms with van der Waals surface area (Å²) in [5.41, 5.74) is 3.81. The van der Waals surface area contributed by atoms with E-state index in [0.717, 1.165) is 33.2 Å². The van der Waals surface area contributed by atoms with Crippen molar-refractivity contribution >= 4 is 34.4 Å². The lowest BCUT2D eigenvalue weighted by Crippen LogP contribution is -1.98. The van der Waals surface area contributed by atoms with Gasteiger partial charge in [-0.3, -0.25) is 4.57 Å². The number of thioether (sulfide) groups is 1. The number of halogens is 1. The van der Waals surface area contributed by atoms with Crippen LogP contribution < -0.4 is 4.74 Å². The van der Waals surface area contributed by atoms with Crippen molar-refractivity contribution in [3.8, 4) is 22.9 Å². The van der Waals surface area contributed by atoms with Crippen LogP contribution in [0.2, 0.25) is 5.02 Å². The van der Waals surface area contributed by atoms with Crippen molar-refractivity contribution in [2.24, 2.45) is 0 Å². The van der Waals surface area contributed by atoms with Crippen LogP contribution in [0.3, 0.4) is 0 Å². The van der Waals surface area contributed by atoms with Gasteiger partial charge in [0.1, 0.15) is 5.75 Å². The number of fused-ring (bicyclic) bond motifs is 1. The van der Waals surface area contributed by atoms with Crippen LogP contribution >= 0.6 is 23.4 Å². The number of aromatic nitrogens is 4. The molecule has 160 valence electrons. The molecule has 0 saturated heterocycles. The van der Waals surface area contributed by atoms with Gasteiger partial charge in [-0.25, -0.2) is 4.98 Å². The number of ether oxygens (including phenoxy) is 1. The number of hydrogen-bond donors (Lipinski definition) is 0. The summed E-state index contributed by atoms with van der Waals surface area (Å²) in [5.74, 6) is 2.35. The van der Waals surface area contributed by atoms with Crippen LogP contribution in [0.4, 0.5) is 0 Å². The van der Waals surface area contributed by atoms with Gasteiger partial charge >= 0.3 is 0 Å². The smallest absolute Gasteiger partial charge is 0.247 e. The van der Waals surface area contributed by atoms with Crippen LogP contribution in [0.5, 0.6) is 5.75 Å². The molecule has 0 atom stereocenters. The standard InChI is InChI=1S/C24H19ClN4O2S/c1-2-30-19-13-11-18(12-14-19)29-21-6-4-3-5-20(21)26-24(29)32-15-22-27-28-23(31-22)16-7-9-17(25)10-8-16/h3-14H,2,15H2,1H3. The fourth-order valence-electron chi connectivity index (χ4n) is 3.36. The molecule has 8 heteroatoms. The van der Waals surface area contributed by atoms with Gasteiger partial charge in [-0.1, -0.05) is 35.5 Å². The highest BCUT2D eigenvalue weighted by Gasteiger charge is 2.15. The van der Waals surface area contributed by atoms with Crippen LogP contribution in [-0.2, 0) is 5.75 Å². The lowest BCUT2D eigenvalue weighted by molar-refractivity contribution is 0.340. The first-order valence-corrected chi connectivity index (χ1v) is 11.5. The fourth-order valence-corrected chi connectivity index (χ4v) is 4.35. The van der Waals surface area contributed by atoms with Crippen molar-refractivity contribution in [1.29, 1.82) is 0 Å². The van der Waals surface area contributed by atoms with Gasteiger partial charge in [0.15, 0.2) is 5.16 Å². The predicted molar refractivity (Wildman–Crippen MR) is 127 cm³/mol. The minimum atomic E-state index is 0.470. The zero-order valence-corrected chi connectivity index (χ0v) is 18.8. The SMILES string of the molecule is CCOc1ccc(-n2c(SCc3nnc(-c4ccc(Cl)cc4)o3)nc3ccccc32)cc1. The lowest BCUT2D eigenvalue weighted by atomic mass is 10.2. The summed E-state index contributed by atoms with van der Waals surface area (Å²) >= 11 is 7.51. The molecule has 0 fully saturated rings. The summed E-state index contributed by atoms with van der Waals surface area (Å²) < 4.78 is 13.6. The largest absolute Gasteiger partial charge is 0.494 e. The maximum Gasteiger partial charge on any atom is 0.247 e. The van der Waals surface area contributed by atoms with E-state index in [9.17, 15) is 0 Å². The van der Waals surface area contributed by atoms with Crippen molar-refractivity contribution in [1.82, 2.24) is 19.7 Å². The van der Waals surface area contributed by atoms with Gasteiger partial charge in [0.2, 0.25) is 11.8 Å². The Balaban J connectivity index is 1.42. The highest BCUT2D eigenvalue weighted by Crippen LogP contribution is 2.31. The molecule has 0 saturated carbocycles. The number of nitrogens with zero attached hydrogens (tertiary/aromatic N) is 4. The molecule has 0 bridgehead atoms. The predicted octanol–water partition coefficient (Wildman–Crippen LogP) is 6.42. The monoisotopic (exact) mass is 462 g/mol. The van der Waals surface area contributed by atoms with Crippen molar-refractivity contribution in [2.45, 2.75) is 17.8 Å². The van der Waals surface area contributed by atoms with E-state index in [1.54, 1.807) is 23.9 Å². The van der Waals surface area contributed by atoms with Gasteiger partial charge in [0.25, 0.3) is 0 Å². The number of para-hydroxylation sites is 2. The summed E-state index contributed by atoms with van der Waals surface area (Å²) in [5, 5.41) is 9.87. The Morgan fingerprint density at radius 2 is 1.75 bits per heavy atom. The van der Waals surface area contributed by atoms with E-state index in [2.05, 4.69) is 20.8 Å². The van der Waals surface area contributed by atoms with E-state index in [1.165, 1.54) is 0 Å². The maximum atomic E-state index is 5.96. The second-order valence-electron chi connectivity index (χ2n) is 6.94. The minimum Gasteiger partial charge on any atom is -0.494 e. The van der Waals surface area contributed by atoms with Crippen LogP contribution in [-0.4, -0.2) is 26.4 Å². The number of rotatable bonds is 7. The molecule has 6 nitrogen and oxygen atoms in total. The molecule has 0 spiro atoms. The Kier molecular flexibility index (Phi) is 5.83. The van der Waals surface area contributed by atoms with E-state index < -0.39 is 0 Å². The molecule has 5 aromatic rings. The van der Waals surface area contributed by atoms with Crippen LogP contribution in [0.25, 0.3) is 28.2 Å². The number of benzene rings is 3. The number of imidazole rings is 1. The normalized spacial score (nSPS) is 11.2. The molecule has 32 heavy (non-hydrogen) atoms. The van der Waals surface area contributed by atoms with E-state index in [1.807, 2.05) is 61.5 Å². The van der Waals surface area contributed by atoms with Gasteiger partial charge in [0, 0.05) is 16.3 Å². The molecule has 0 aliphatic heterocycles. The summed E-state index contributed by atoms with van der Waals surface area (Å²) in [6.45, 7) is 2.61. The van der Waals surface area contributed by atoms with Crippen molar-refractivity contribution < 1.29 is 9.15 Å². The number of hydrogen-bond acceptors (Lipinski definition) is 6. The molecule has 5 rings (SSSR count). The molecule has 0 aliphatic carbocycles. The third-order valence-corrected chi connectivity index (χ3v) is 5.99. The Bertz CT molecular complexity index is 1350. The summed E-state index contributed by atoms with van der Waals surface area (Å²) in [4.78, 5) is 4.83. The average Bonchev–Trinajstić information content (AvgIpc) is 3.44. The van der Waals surface area contributed by atoms with Gasteiger partial charge < -0.3 is 9.15 Å². The van der Waals surface area contributed by atoms with Crippen molar-refractivity contribution in [3.63, 3.8) is 0 Å². The van der Waals surface area contributed by atoms with Crippen LogP contribution in [0, 0.1) is 0 Å². The fraction of sp³-hybridized carbons (Fsp3) is 0.125. The van der Waals surface area contributed by atoms with Crippen LogP contribution in [0.1, 0.15) is 12.8 Å². The molecule has 0 radical (unpaired) electrons. The van der Waals surface area contributed by atoms with Gasteiger partial charge in [0.05, 0.1) is 23.4 Å². The Hall–Kier alpha value is -3.29. The van der Waals surface area contributed by atoms with Crippen molar-refractivity contribution in [2.75, 3.05) is 6.61 Å². The van der Waals surface area contributed by atoms with E-state index >= 15 is 0 Å². The van der Waals surface area contributed by atoms with Crippen LogP contribution in [0.15, 0.2) is 82.4 Å². The second kappa shape index (κ2) is 9.06. The second-order valence-corrected chi connectivity index (χ2v) is 8.32. The molecule has 3 aromatic carbocycles. The molecule has 2 aromatic heterocycles. The summed E-state index contributed by atoms with van der Waals surface area (Å²) in [7, 11) is 0. The molecule has 0 unspecified atom stereocenters. The minimum absolute atomic E-state index is 0.470.